The maximum Gasteiger partial charge on any atom is 0.239 e. The van der Waals surface area contributed by atoms with Crippen LogP contribution in [0.4, 0.5) is 0 Å². The van der Waals surface area contributed by atoms with E-state index in [1.54, 1.807) is 0 Å². The lowest BCUT2D eigenvalue weighted by atomic mass is 9.86. The third-order valence-corrected chi connectivity index (χ3v) is 3.53. The molecule has 90 valence electrons. The molecule has 0 bridgehead atoms. The highest BCUT2D eigenvalue weighted by Gasteiger charge is 2.30. The van der Waals surface area contributed by atoms with Crippen LogP contribution in [0.5, 0.6) is 0 Å². The number of rotatable bonds is 2. The van der Waals surface area contributed by atoms with E-state index in [9.17, 15) is 9.59 Å². The van der Waals surface area contributed by atoms with E-state index in [1.807, 2.05) is 0 Å². The number of hydrogen-bond acceptors (Lipinski definition) is 3. The molecule has 5 nitrogen and oxygen atoms in total. The Bertz CT molecular complexity index is 293. The van der Waals surface area contributed by atoms with Crippen LogP contribution < -0.4 is 16.2 Å². The average Bonchev–Trinajstić information content (AvgIpc) is 2.68. The summed E-state index contributed by atoms with van der Waals surface area (Å²) in [5.41, 5.74) is 5.15. The molecule has 2 amide bonds. The van der Waals surface area contributed by atoms with Crippen molar-refractivity contribution in [2.24, 2.45) is 5.92 Å². The predicted octanol–water partition coefficient (Wildman–Crippen LogP) is 0.0744. The van der Waals surface area contributed by atoms with Gasteiger partial charge in [0.1, 0.15) is 6.04 Å². The molecule has 1 aliphatic carbocycles. The Balaban J connectivity index is 1.84. The molecule has 16 heavy (non-hydrogen) atoms. The molecule has 1 saturated heterocycles. The highest BCUT2D eigenvalue weighted by Crippen LogP contribution is 2.23. The van der Waals surface area contributed by atoms with Crippen molar-refractivity contribution in [3.8, 4) is 0 Å². The molecule has 1 saturated carbocycles. The van der Waals surface area contributed by atoms with Gasteiger partial charge < -0.3 is 5.32 Å². The van der Waals surface area contributed by atoms with Gasteiger partial charge in [0, 0.05) is 6.04 Å². The van der Waals surface area contributed by atoms with Gasteiger partial charge in [-0.25, -0.2) is 5.43 Å². The molecule has 0 aromatic carbocycles. The standard InChI is InChI=1S/C11H19N3O2/c1-7-4-2-3-5-8(7)12-11(16)9-6-10(15)14-13-9/h7-9,13H,2-6H2,1H3,(H,12,16)(H,14,15). The maximum atomic E-state index is 11.8. The number of hydrazine groups is 1. The molecule has 0 spiro atoms. The number of carbonyl (C=O) groups excluding carboxylic acids is 2. The highest BCUT2D eigenvalue weighted by molar-refractivity contribution is 5.90. The molecule has 0 aromatic rings. The first-order chi connectivity index (χ1) is 7.66. The molecule has 1 aliphatic heterocycles. The lowest BCUT2D eigenvalue weighted by Crippen LogP contribution is -2.49. The summed E-state index contributed by atoms with van der Waals surface area (Å²) in [7, 11) is 0. The number of amides is 2. The third kappa shape index (κ3) is 2.52. The van der Waals surface area contributed by atoms with Crippen molar-refractivity contribution < 1.29 is 9.59 Å². The zero-order valence-corrected chi connectivity index (χ0v) is 9.58. The van der Waals surface area contributed by atoms with Crippen LogP contribution in [0.3, 0.4) is 0 Å². The summed E-state index contributed by atoms with van der Waals surface area (Å²) in [5.74, 6) is 0.372. The smallest absolute Gasteiger partial charge is 0.239 e. The van der Waals surface area contributed by atoms with E-state index in [0.717, 1.165) is 6.42 Å². The van der Waals surface area contributed by atoms with Gasteiger partial charge in [-0.3, -0.25) is 15.0 Å². The average molecular weight is 225 g/mol. The lowest BCUT2D eigenvalue weighted by Gasteiger charge is -2.30. The Kier molecular flexibility index (Phi) is 3.43. The van der Waals surface area contributed by atoms with E-state index in [4.69, 9.17) is 0 Å². The van der Waals surface area contributed by atoms with E-state index >= 15 is 0 Å². The van der Waals surface area contributed by atoms with Gasteiger partial charge in [0.15, 0.2) is 0 Å². The van der Waals surface area contributed by atoms with Gasteiger partial charge in [0.25, 0.3) is 0 Å². The van der Waals surface area contributed by atoms with Crippen LogP contribution in [-0.2, 0) is 9.59 Å². The van der Waals surface area contributed by atoms with Crippen LogP contribution in [0.2, 0.25) is 0 Å². The fraction of sp³-hybridized carbons (Fsp3) is 0.818. The molecule has 3 N–H and O–H groups in total. The molecular formula is C11H19N3O2. The molecule has 0 radical (unpaired) electrons. The fourth-order valence-electron chi connectivity index (χ4n) is 2.43. The van der Waals surface area contributed by atoms with Crippen LogP contribution in [0.15, 0.2) is 0 Å². The van der Waals surface area contributed by atoms with Crippen LogP contribution >= 0.6 is 0 Å². The SMILES string of the molecule is CC1CCCCC1NC(=O)C1CC(=O)NN1. The molecule has 2 fully saturated rings. The van der Waals surface area contributed by atoms with Gasteiger partial charge >= 0.3 is 0 Å². The van der Waals surface area contributed by atoms with E-state index in [2.05, 4.69) is 23.1 Å². The molecule has 0 aromatic heterocycles. The number of carbonyl (C=O) groups is 2. The summed E-state index contributed by atoms with van der Waals surface area (Å²) in [4.78, 5) is 22.8. The number of nitrogens with one attached hydrogen (secondary N) is 3. The van der Waals surface area contributed by atoms with Crippen molar-refractivity contribution in [3.05, 3.63) is 0 Å². The minimum Gasteiger partial charge on any atom is -0.352 e. The quantitative estimate of drug-likeness (QED) is 0.623. The Morgan fingerprint density at radius 3 is 2.75 bits per heavy atom. The molecule has 3 unspecified atom stereocenters. The Labute approximate surface area is 95.3 Å². The van der Waals surface area contributed by atoms with Gasteiger partial charge in [-0.1, -0.05) is 19.8 Å². The third-order valence-electron chi connectivity index (χ3n) is 3.53. The summed E-state index contributed by atoms with van der Waals surface area (Å²) in [6.45, 7) is 2.18. The van der Waals surface area contributed by atoms with Crippen LogP contribution in [0, 0.1) is 5.92 Å². The van der Waals surface area contributed by atoms with Crippen LogP contribution in [0.25, 0.3) is 0 Å². The summed E-state index contributed by atoms with van der Waals surface area (Å²) in [6, 6.07) is -0.125. The van der Waals surface area contributed by atoms with E-state index < -0.39 is 6.04 Å². The Hall–Kier alpha value is -1.10. The van der Waals surface area contributed by atoms with Crippen molar-refractivity contribution in [3.63, 3.8) is 0 Å². The zero-order chi connectivity index (χ0) is 11.5. The van der Waals surface area contributed by atoms with E-state index in [0.29, 0.717) is 5.92 Å². The Morgan fingerprint density at radius 2 is 2.12 bits per heavy atom. The monoisotopic (exact) mass is 225 g/mol. The largest absolute Gasteiger partial charge is 0.352 e. The van der Waals surface area contributed by atoms with Crippen molar-refractivity contribution in [1.82, 2.24) is 16.2 Å². The van der Waals surface area contributed by atoms with Crippen molar-refractivity contribution in [1.29, 1.82) is 0 Å². The van der Waals surface area contributed by atoms with Crippen LogP contribution in [0.1, 0.15) is 39.0 Å². The zero-order valence-electron chi connectivity index (χ0n) is 9.58. The lowest BCUT2D eigenvalue weighted by molar-refractivity contribution is -0.125. The predicted molar refractivity (Wildman–Crippen MR) is 59.2 cm³/mol. The summed E-state index contributed by atoms with van der Waals surface area (Å²) in [5, 5.41) is 3.04. The van der Waals surface area contributed by atoms with Crippen molar-refractivity contribution in [2.45, 2.75) is 51.1 Å². The van der Waals surface area contributed by atoms with E-state index in [1.165, 1.54) is 19.3 Å². The van der Waals surface area contributed by atoms with Gasteiger partial charge in [0.05, 0.1) is 6.42 Å². The second-order valence-electron chi connectivity index (χ2n) is 4.83. The number of hydrogen-bond donors (Lipinski definition) is 3. The maximum absolute atomic E-state index is 11.8. The van der Waals surface area contributed by atoms with E-state index in [-0.39, 0.29) is 24.3 Å². The minimum atomic E-state index is -0.401. The van der Waals surface area contributed by atoms with Gasteiger partial charge in [-0.05, 0) is 18.8 Å². The highest BCUT2D eigenvalue weighted by atomic mass is 16.2. The fourth-order valence-corrected chi connectivity index (χ4v) is 2.43. The Morgan fingerprint density at radius 1 is 1.38 bits per heavy atom. The molecule has 2 aliphatic rings. The van der Waals surface area contributed by atoms with Gasteiger partial charge in [0.2, 0.25) is 11.8 Å². The second-order valence-corrected chi connectivity index (χ2v) is 4.83. The second kappa shape index (κ2) is 4.82. The molecule has 3 atom stereocenters. The summed E-state index contributed by atoms with van der Waals surface area (Å²) in [6.07, 6.45) is 4.92. The van der Waals surface area contributed by atoms with Crippen molar-refractivity contribution >= 4 is 11.8 Å². The van der Waals surface area contributed by atoms with Gasteiger partial charge in [-0.15, -0.1) is 0 Å². The summed E-state index contributed by atoms with van der Waals surface area (Å²) < 4.78 is 0. The first kappa shape index (κ1) is 11.4. The topological polar surface area (TPSA) is 70.2 Å². The summed E-state index contributed by atoms with van der Waals surface area (Å²) >= 11 is 0. The molecule has 2 rings (SSSR count). The van der Waals surface area contributed by atoms with Crippen LogP contribution in [-0.4, -0.2) is 23.9 Å². The molecular weight excluding hydrogens is 206 g/mol. The molecule has 1 heterocycles. The van der Waals surface area contributed by atoms with Crippen molar-refractivity contribution in [2.75, 3.05) is 0 Å². The normalized spacial score (nSPS) is 34.6. The molecule has 5 heteroatoms. The first-order valence-electron chi connectivity index (χ1n) is 6.01. The minimum absolute atomic E-state index is 0.0582. The van der Waals surface area contributed by atoms with Gasteiger partial charge in [-0.2, -0.15) is 0 Å². The first-order valence-corrected chi connectivity index (χ1v) is 6.01.